The van der Waals surface area contributed by atoms with Crippen molar-refractivity contribution in [3.63, 3.8) is 0 Å². The van der Waals surface area contributed by atoms with Gasteiger partial charge in [0.25, 0.3) is 0 Å². The van der Waals surface area contributed by atoms with E-state index >= 15 is 0 Å². The summed E-state index contributed by atoms with van der Waals surface area (Å²) >= 11 is 5.78. The van der Waals surface area contributed by atoms with Crippen LogP contribution in [-0.4, -0.2) is 10.3 Å². The second-order valence-corrected chi connectivity index (χ2v) is 4.19. The second kappa shape index (κ2) is 4.27. The molecule has 3 rings (SSSR count). The number of anilines is 2. The first-order valence-corrected chi connectivity index (χ1v) is 5.54. The lowest BCUT2D eigenvalue weighted by Gasteiger charge is -2.06. The maximum absolute atomic E-state index is 13.2. The molecule has 18 heavy (non-hydrogen) atoms. The van der Waals surface area contributed by atoms with Crippen LogP contribution in [0.5, 0.6) is 0 Å². The van der Waals surface area contributed by atoms with Gasteiger partial charge in [-0.15, -0.1) is 0 Å². The minimum absolute atomic E-state index is 0.335. The molecule has 2 aromatic carbocycles. The Balaban J connectivity index is 1.95. The van der Waals surface area contributed by atoms with Gasteiger partial charge in [0, 0.05) is 16.4 Å². The Morgan fingerprint density at radius 2 is 1.83 bits per heavy atom. The van der Waals surface area contributed by atoms with Crippen molar-refractivity contribution in [2.75, 3.05) is 5.32 Å². The van der Waals surface area contributed by atoms with E-state index in [1.165, 1.54) is 12.1 Å². The lowest BCUT2D eigenvalue weighted by molar-refractivity contribution is 0.315. The fourth-order valence-corrected chi connectivity index (χ4v) is 1.87. The normalized spacial score (nSPS) is 10.8. The van der Waals surface area contributed by atoms with Crippen molar-refractivity contribution in [1.29, 1.82) is 0 Å². The summed E-state index contributed by atoms with van der Waals surface area (Å²) in [5.41, 5.74) is 2.61. The van der Waals surface area contributed by atoms with E-state index in [1.54, 1.807) is 24.3 Å². The molecule has 0 unspecified atom stereocenters. The number of benzene rings is 2. The molecule has 0 saturated heterocycles. The molecular weight excluding hydrogens is 257 g/mol. The third-order valence-corrected chi connectivity index (χ3v) is 2.62. The lowest BCUT2D eigenvalue weighted by atomic mass is 10.2. The molecule has 0 aliphatic rings. The molecule has 0 radical (unpaired) electrons. The molecule has 0 spiro atoms. The minimum Gasteiger partial charge on any atom is -0.355 e. The molecule has 90 valence electrons. The van der Waals surface area contributed by atoms with E-state index in [9.17, 15) is 4.39 Å². The van der Waals surface area contributed by atoms with Crippen molar-refractivity contribution in [3.05, 3.63) is 47.2 Å². The summed E-state index contributed by atoms with van der Waals surface area (Å²) in [5.74, 6) is -0.394. The maximum Gasteiger partial charge on any atom is 0.137 e. The molecule has 0 amide bonds. The molecule has 1 aromatic heterocycles. The molecule has 4 nitrogen and oxygen atoms in total. The molecule has 0 bridgehead atoms. The number of rotatable bonds is 2. The quantitative estimate of drug-likeness (QED) is 0.765. The average Bonchev–Trinajstić information content (AvgIpc) is 2.74. The zero-order valence-electron chi connectivity index (χ0n) is 9.02. The molecule has 0 aliphatic carbocycles. The van der Waals surface area contributed by atoms with E-state index in [0.717, 1.165) is 5.69 Å². The van der Waals surface area contributed by atoms with Gasteiger partial charge in [-0.2, -0.15) is 0 Å². The predicted octanol–water partition coefficient (Wildman–Crippen LogP) is 3.76. The van der Waals surface area contributed by atoms with Crippen molar-refractivity contribution in [3.8, 4) is 0 Å². The van der Waals surface area contributed by atoms with Crippen molar-refractivity contribution < 1.29 is 9.02 Å². The minimum atomic E-state index is -0.394. The van der Waals surface area contributed by atoms with Gasteiger partial charge in [0.2, 0.25) is 0 Å². The highest BCUT2D eigenvalue weighted by atomic mass is 35.5. The average molecular weight is 264 g/mol. The van der Waals surface area contributed by atoms with Crippen molar-refractivity contribution in [2.45, 2.75) is 0 Å². The highest BCUT2D eigenvalue weighted by Gasteiger charge is 2.03. The van der Waals surface area contributed by atoms with Gasteiger partial charge in [-0.05, 0) is 46.7 Å². The van der Waals surface area contributed by atoms with Crippen LogP contribution in [0.1, 0.15) is 0 Å². The third kappa shape index (κ3) is 2.12. The van der Waals surface area contributed by atoms with Crippen LogP contribution in [0.25, 0.3) is 11.0 Å². The van der Waals surface area contributed by atoms with E-state index in [4.69, 9.17) is 11.6 Å². The van der Waals surface area contributed by atoms with E-state index in [-0.39, 0.29) is 0 Å². The van der Waals surface area contributed by atoms with Crippen LogP contribution in [0.2, 0.25) is 5.02 Å². The largest absolute Gasteiger partial charge is 0.355 e. The summed E-state index contributed by atoms with van der Waals surface area (Å²) in [6.45, 7) is 0. The number of aromatic nitrogens is 2. The summed E-state index contributed by atoms with van der Waals surface area (Å²) in [6, 6.07) is 9.55. The van der Waals surface area contributed by atoms with Gasteiger partial charge >= 0.3 is 0 Å². The van der Waals surface area contributed by atoms with Gasteiger partial charge in [0.15, 0.2) is 0 Å². The molecule has 1 N–H and O–H groups in total. The van der Waals surface area contributed by atoms with Crippen LogP contribution < -0.4 is 5.32 Å². The predicted molar refractivity (Wildman–Crippen MR) is 66.5 cm³/mol. The first kappa shape index (κ1) is 11.0. The molecule has 0 fully saturated rings. The fourth-order valence-electron chi connectivity index (χ4n) is 1.65. The second-order valence-electron chi connectivity index (χ2n) is 3.75. The van der Waals surface area contributed by atoms with Gasteiger partial charge in [-0.25, -0.2) is 9.02 Å². The van der Waals surface area contributed by atoms with Gasteiger partial charge in [-0.3, -0.25) is 0 Å². The van der Waals surface area contributed by atoms with Crippen molar-refractivity contribution in [2.24, 2.45) is 0 Å². The molecule has 3 aromatic rings. The summed E-state index contributed by atoms with van der Waals surface area (Å²) in [6.07, 6.45) is 0. The Hall–Kier alpha value is -2.14. The highest BCUT2D eigenvalue weighted by Crippen LogP contribution is 2.23. The Morgan fingerprint density at radius 1 is 1.00 bits per heavy atom. The maximum atomic E-state index is 13.2. The number of nitrogens with one attached hydrogen (secondary N) is 1. The van der Waals surface area contributed by atoms with E-state index in [0.29, 0.717) is 21.7 Å². The standard InChI is InChI=1S/C12H7ClFN3O/c13-7-3-8(14)5-10(4-7)15-9-1-2-11-12(6-9)17-18-16-11/h1-6,15H. The number of hydrogen-bond acceptors (Lipinski definition) is 4. The van der Waals surface area contributed by atoms with Crippen LogP contribution in [0.4, 0.5) is 15.8 Å². The Kier molecular flexibility index (Phi) is 2.60. The number of halogens is 2. The number of nitrogens with zero attached hydrogens (tertiary/aromatic N) is 2. The van der Waals surface area contributed by atoms with E-state index in [1.807, 2.05) is 0 Å². The van der Waals surface area contributed by atoms with Crippen LogP contribution in [0.15, 0.2) is 41.0 Å². The molecular formula is C12H7ClFN3O. The number of fused-ring (bicyclic) bond motifs is 1. The highest BCUT2D eigenvalue weighted by molar-refractivity contribution is 6.30. The lowest BCUT2D eigenvalue weighted by Crippen LogP contribution is -1.91. The summed E-state index contributed by atoms with van der Waals surface area (Å²) in [5, 5.41) is 10.8. The van der Waals surface area contributed by atoms with Gasteiger partial charge in [-0.1, -0.05) is 11.6 Å². The zero-order chi connectivity index (χ0) is 12.5. The van der Waals surface area contributed by atoms with E-state index in [2.05, 4.69) is 20.3 Å². The van der Waals surface area contributed by atoms with Crippen LogP contribution in [0.3, 0.4) is 0 Å². The van der Waals surface area contributed by atoms with E-state index < -0.39 is 5.82 Å². The Morgan fingerprint density at radius 3 is 2.67 bits per heavy atom. The van der Waals surface area contributed by atoms with Gasteiger partial charge < -0.3 is 5.32 Å². The van der Waals surface area contributed by atoms with Gasteiger partial charge in [0.05, 0.1) is 0 Å². The van der Waals surface area contributed by atoms with Gasteiger partial charge in [0.1, 0.15) is 16.9 Å². The molecule has 0 atom stereocenters. The fraction of sp³-hybridized carbons (Fsp3) is 0. The molecule has 1 heterocycles. The Bertz CT molecular complexity index is 693. The molecule has 6 heteroatoms. The van der Waals surface area contributed by atoms with Crippen molar-refractivity contribution >= 4 is 34.0 Å². The first-order chi connectivity index (χ1) is 8.70. The zero-order valence-corrected chi connectivity index (χ0v) is 9.78. The molecule has 0 aliphatic heterocycles. The SMILES string of the molecule is Fc1cc(Cl)cc(Nc2ccc3nonc3c2)c1. The van der Waals surface area contributed by atoms with Crippen LogP contribution in [0, 0.1) is 5.82 Å². The smallest absolute Gasteiger partial charge is 0.137 e. The topological polar surface area (TPSA) is 51.0 Å². The van der Waals surface area contributed by atoms with Crippen molar-refractivity contribution in [1.82, 2.24) is 10.3 Å². The molecule has 0 saturated carbocycles. The van der Waals surface area contributed by atoms with Crippen LogP contribution in [-0.2, 0) is 0 Å². The Labute approximate surface area is 106 Å². The summed E-state index contributed by atoms with van der Waals surface area (Å²) in [7, 11) is 0. The number of hydrogen-bond donors (Lipinski definition) is 1. The summed E-state index contributed by atoms with van der Waals surface area (Å²) in [4.78, 5) is 0. The third-order valence-electron chi connectivity index (χ3n) is 2.40. The summed E-state index contributed by atoms with van der Waals surface area (Å²) < 4.78 is 17.8. The van der Waals surface area contributed by atoms with Crippen LogP contribution >= 0.6 is 11.6 Å². The monoisotopic (exact) mass is 263 g/mol. The first-order valence-electron chi connectivity index (χ1n) is 5.16.